The van der Waals surface area contributed by atoms with Crippen LogP contribution in [0, 0.1) is 6.57 Å². The van der Waals surface area contributed by atoms with Gasteiger partial charge < -0.3 is 10.6 Å². The van der Waals surface area contributed by atoms with Crippen molar-refractivity contribution in [3.8, 4) is 0 Å². The quantitative estimate of drug-likeness (QED) is 0.615. The number of fused-ring (bicyclic) bond motifs is 1. The van der Waals surface area contributed by atoms with Crippen LogP contribution in [0.25, 0.3) is 15.6 Å². The first-order chi connectivity index (χ1) is 6.33. The summed E-state index contributed by atoms with van der Waals surface area (Å²) in [6.45, 7) is 6.92. The Labute approximate surface area is 75.6 Å². The summed E-state index contributed by atoms with van der Waals surface area (Å²) in [7, 11) is 0. The topological polar surface area (TPSA) is 43.3 Å². The third-order valence-corrected chi connectivity index (χ3v) is 1.91. The van der Waals surface area contributed by atoms with E-state index in [4.69, 9.17) is 12.3 Å². The van der Waals surface area contributed by atoms with E-state index in [1.807, 2.05) is 24.3 Å². The van der Waals surface area contributed by atoms with Crippen molar-refractivity contribution in [3.63, 3.8) is 0 Å². The van der Waals surface area contributed by atoms with E-state index in [0.29, 0.717) is 11.5 Å². The molecule has 1 aromatic heterocycles. The molecule has 2 rings (SSSR count). The van der Waals surface area contributed by atoms with E-state index in [2.05, 4.69) is 9.83 Å². The minimum absolute atomic E-state index is 0.407. The molecule has 3 heteroatoms. The predicted octanol–water partition coefficient (Wildman–Crippen LogP) is 2.37. The Bertz CT molecular complexity index is 497. The van der Waals surface area contributed by atoms with Crippen molar-refractivity contribution in [2.45, 2.75) is 0 Å². The highest BCUT2D eigenvalue weighted by Crippen LogP contribution is 2.27. The largest absolute Gasteiger partial charge is 0.395 e. The number of aromatic nitrogens is 1. The Kier molecular flexibility index (Phi) is 1.60. The number of hydrogen-bond acceptors (Lipinski definition) is 2. The van der Waals surface area contributed by atoms with E-state index >= 15 is 0 Å². The minimum atomic E-state index is 0.407. The highest BCUT2D eigenvalue weighted by molar-refractivity contribution is 5.99. The first-order valence-corrected chi connectivity index (χ1v) is 3.83. The molecule has 0 saturated carbocycles. The zero-order valence-electron chi connectivity index (χ0n) is 6.86. The number of nitrogens with zero attached hydrogens (tertiary/aromatic N) is 2. The van der Waals surface area contributed by atoms with Crippen LogP contribution < -0.4 is 5.73 Å². The normalized spacial score (nSPS) is 9.77. The van der Waals surface area contributed by atoms with Crippen LogP contribution in [0.2, 0.25) is 0 Å². The molecule has 0 saturated heterocycles. The zero-order chi connectivity index (χ0) is 9.26. The third kappa shape index (κ3) is 1.09. The highest BCUT2D eigenvalue weighted by Gasteiger charge is 2.04. The van der Waals surface area contributed by atoms with Gasteiger partial charge in [-0.3, -0.25) is 0 Å². The summed E-state index contributed by atoms with van der Waals surface area (Å²) in [6, 6.07) is 7.51. The number of benzene rings is 1. The number of nitrogens with two attached hydrogens (primary N) is 1. The molecule has 62 valence electrons. The summed E-state index contributed by atoms with van der Waals surface area (Å²) in [5.41, 5.74) is 6.33. The summed E-state index contributed by atoms with van der Waals surface area (Å²) in [5, 5.41) is 1.71. The molecule has 0 amide bonds. The van der Waals surface area contributed by atoms with E-state index < -0.39 is 0 Å². The van der Waals surface area contributed by atoms with Gasteiger partial charge in [0.15, 0.2) is 0 Å². The van der Waals surface area contributed by atoms with Crippen LogP contribution in [0.5, 0.6) is 0 Å². The van der Waals surface area contributed by atoms with Gasteiger partial charge in [-0.2, -0.15) is 0 Å². The van der Waals surface area contributed by atoms with Gasteiger partial charge in [-0.15, -0.1) is 4.98 Å². The van der Waals surface area contributed by atoms with Crippen molar-refractivity contribution in [2.75, 3.05) is 5.73 Å². The van der Waals surface area contributed by atoms with Crippen LogP contribution in [0.3, 0.4) is 0 Å². The number of nitrogen functional groups attached to an aromatic ring is 1. The van der Waals surface area contributed by atoms with Crippen LogP contribution in [-0.4, -0.2) is 4.98 Å². The van der Waals surface area contributed by atoms with Gasteiger partial charge in [-0.1, -0.05) is 30.8 Å². The molecule has 0 bridgehead atoms. The summed E-state index contributed by atoms with van der Waals surface area (Å²) >= 11 is 0. The van der Waals surface area contributed by atoms with E-state index in [0.717, 1.165) is 10.8 Å². The van der Waals surface area contributed by atoms with Crippen LogP contribution in [0.4, 0.5) is 11.5 Å². The Hall–Kier alpha value is -2.08. The van der Waals surface area contributed by atoms with Crippen LogP contribution in [0.15, 0.2) is 30.5 Å². The molecule has 1 heterocycles. The fourth-order valence-electron chi connectivity index (χ4n) is 1.29. The SMILES string of the molecule is [C-]#[N+]c1ncc(N)c2ccccc12. The van der Waals surface area contributed by atoms with Crippen molar-refractivity contribution >= 4 is 22.3 Å². The smallest absolute Gasteiger partial charge is 0.277 e. The Morgan fingerprint density at radius 2 is 1.92 bits per heavy atom. The lowest BCUT2D eigenvalue weighted by Crippen LogP contribution is -1.88. The Morgan fingerprint density at radius 3 is 2.62 bits per heavy atom. The maximum Gasteiger partial charge on any atom is 0.277 e. The molecule has 0 unspecified atom stereocenters. The molecule has 3 nitrogen and oxygen atoms in total. The fourth-order valence-corrected chi connectivity index (χ4v) is 1.29. The van der Waals surface area contributed by atoms with Gasteiger partial charge in [-0.25, -0.2) is 0 Å². The van der Waals surface area contributed by atoms with E-state index in [1.54, 1.807) is 0 Å². The lowest BCUT2D eigenvalue weighted by Gasteiger charge is -2.00. The lowest BCUT2D eigenvalue weighted by molar-refractivity contribution is 1.39. The van der Waals surface area contributed by atoms with Gasteiger partial charge in [0.2, 0.25) is 0 Å². The molecule has 13 heavy (non-hydrogen) atoms. The average Bonchev–Trinajstić information content (AvgIpc) is 2.19. The monoisotopic (exact) mass is 169 g/mol. The molecule has 2 aromatic rings. The highest BCUT2D eigenvalue weighted by atomic mass is 14.9. The summed E-state index contributed by atoms with van der Waals surface area (Å²) in [4.78, 5) is 7.27. The van der Waals surface area contributed by atoms with Gasteiger partial charge in [0.25, 0.3) is 5.82 Å². The van der Waals surface area contributed by atoms with Crippen molar-refractivity contribution in [1.82, 2.24) is 4.98 Å². The summed E-state index contributed by atoms with van der Waals surface area (Å²) in [5.74, 6) is 0.407. The van der Waals surface area contributed by atoms with Gasteiger partial charge >= 0.3 is 0 Å². The predicted molar refractivity (Wildman–Crippen MR) is 52.4 cm³/mol. The van der Waals surface area contributed by atoms with Gasteiger partial charge in [0.05, 0.1) is 5.69 Å². The molecule has 0 fully saturated rings. The Balaban J connectivity index is 2.95. The molecule has 0 aliphatic rings. The van der Waals surface area contributed by atoms with Gasteiger partial charge in [0, 0.05) is 5.39 Å². The van der Waals surface area contributed by atoms with E-state index in [1.165, 1.54) is 6.20 Å². The van der Waals surface area contributed by atoms with Crippen LogP contribution >= 0.6 is 0 Å². The first kappa shape index (κ1) is 7.56. The molecule has 2 N–H and O–H groups in total. The van der Waals surface area contributed by atoms with E-state index in [-0.39, 0.29) is 0 Å². The molecule has 0 radical (unpaired) electrons. The second-order valence-corrected chi connectivity index (χ2v) is 2.69. The van der Waals surface area contributed by atoms with Crippen molar-refractivity contribution in [1.29, 1.82) is 0 Å². The fraction of sp³-hybridized carbons (Fsp3) is 0. The second kappa shape index (κ2) is 2.76. The first-order valence-electron chi connectivity index (χ1n) is 3.83. The Morgan fingerprint density at radius 1 is 1.23 bits per heavy atom. The number of hydrogen-bond donors (Lipinski definition) is 1. The van der Waals surface area contributed by atoms with Gasteiger partial charge in [0.1, 0.15) is 6.20 Å². The van der Waals surface area contributed by atoms with Crippen molar-refractivity contribution in [2.24, 2.45) is 0 Å². The molecular weight excluding hydrogens is 162 g/mol. The zero-order valence-corrected chi connectivity index (χ0v) is 6.86. The third-order valence-electron chi connectivity index (χ3n) is 1.91. The standard InChI is InChI=1S/C10H7N3/c1-12-10-8-5-3-2-4-7(8)9(11)6-13-10/h2-6H,11H2. The molecule has 0 spiro atoms. The number of pyridine rings is 1. The number of rotatable bonds is 0. The average molecular weight is 169 g/mol. The second-order valence-electron chi connectivity index (χ2n) is 2.69. The number of anilines is 1. The molecule has 1 aromatic carbocycles. The molecule has 0 aliphatic heterocycles. The van der Waals surface area contributed by atoms with Gasteiger partial charge in [-0.05, 0) is 5.39 Å². The van der Waals surface area contributed by atoms with E-state index in [9.17, 15) is 0 Å². The maximum atomic E-state index is 6.92. The summed E-state index contributed by atoms with van der Waals surface area (Å²) < 4.78 is 0. The van der Waals surface area contributed by atoms with Crippen molar-refractivity contribution in [3.05, 3.63) is 41.9 Å². The molecule has 0 atom stereocenters. The molecule has 0 aliphatic carbocycles. The van der Waals surface area contributed by atoms with Crippen LogP contribution in [-0.2, 0) is 0 Å². The minimum Gasteiger partial charge on any atom is -0.395 e. The molecular formula is C10H7N3. The summed E-state index contributed by atoms with van der Waals surface area (Å²) in [6.07, 6.45) is 1.52. The maximum absolute atomic E-state index is 6.92. The van der Waals surface area contributed by atoms with Crippen LogP contribution in [0.1, 0.15) is 0 Å². The lowest BCUT2D eigenvalue weighted by atomic mass is 10.1. The van der Waals surface area contributed by atoms with Crippen molar-refractivity contribution < 1.29 is 0 Å².